The first-order chi connectivity index (χ1) is 4.22. The van der Waals surface area contributed by atoms with E-state index in [-0.39, 0.29) is 0 Å². The molecule has 0 aromatic carbocycles. The van der Waals surface area contributed by atoms with Crippen LogP contribution >= 0.6 is 11.6 Å². The molecular formula is C4HClF2N2. The molecule has 1 aromatic heterocycles. The zero-order valence-electron chi connectivity index (χ0n) is 4.11. The van der Waals surface area contributed by atoms with E-state index < -0.39 is 16.8 Å². The number of hydrogen-bond donors (Lipinski definition) is 0. The lowest BCUT2D eigenvalue weighted by Gasteiger charge is -1.89. The standard InChI is InChI=1S/C4HClF2N2/c5-4-3(7)2(6)1-8-9-4/h1H. The fourth-order valence-corrected chi connectivity index (χ4v) is 0.463. The zero-order chi connectivity index (χ0) is 6.85. The largest absolute Gasteiger partial charge is 0.202 e. The summed E-state index contributed by atoms with van der Waals surface area (Å²) in [5.74, 6) is -2.25. The molecule has 48 valence electrons. The lowest BCUT2D eigenvalue weighted by atomic mass is 10.5. The van der Waals surface area contributed by atoms with Crippen LogP contribution in [0, 0.1) is 11.6 Å². The maximum atomic E-state index is 12.1. The quantitative estimate of drug-likeness (QED) is 0.559. The molecule has 0 spiro atoms. The van der Waals surface area contributed by atoms with E-state index >= 15 is 0 Å². The molecule has 0 radical (unpaired) electrons. The second-order valence-electron chi connectivity index (χ2n) is 1.30. The second kappa shape index (κ2) is 2.23. The summed E-state index contributed by atoms with van der Waals surface area (Å²) in [5, 5.41) is 5.54. The van der Waals surface area contributed by atoms with Gasteiger partial charge in [-0.15, -0.1) is 5.10 Å². The van der Waals surface area contributed by atoms with Gasteiger partial charge in [0.1, 0.15) is 0 Å². The van der Waals surface area contributed by atoms with Crippen molar-refractivity contribution in [2.45, 2.75) is 0 Å². The minimum absolute atomic E-state index is 0.546. The SMILES string of the molecule is Fc1cnnc(Cl)c1F. The molecule has 0 atom stereocenters. The minimum atomic E-state index is -1.16. The summed E-state index contributed by atoms with van der Waals surface area (Å²) >= 11 is 5.03. The third-order valence-electron chi connectivity index (χ3n) is 0.707. The van der Waals surface area contributed by atoms with Gasteiger partial charge in [0, 0.05) is 0 Å². The molecule has 0 aliphatic carbocycles. The van der Waals surface area contributed by atoms with E-state index in [1.807, 2.05) is 0 Å². The number of aromatic nitrogens is 2. The topological polar surface area (TPSA) is 25.8 Å². The Morgan fingerprint density at radius 3 is 2.56 bits per heavy atom. The highest BCUT2D eigenvalue weighted by Gasteiger charge is 2.05. The molecule has 0 saturated heterocycles. The van der Waals surface area contributed by atoms with Crippen LogP contribution in [-0.4, -0.2) is 10.2 Å². The fourth-order valence-electron chi connectivity index (χ4n) is 0.329. The zero-order valence-corrected chi connectivity index (χ0v) is 4.86. The summed E-state index contributed by atoms with van der Waals surface area (Å²) in [7, 11) is 0. The molecule has 1 heterocycles. The number of halogens is 3. The van der Waals surface area contributed by atoms with Crippen LogP contribution in [0.2, 0.25) is 5.15 Å². The van der Waals surface area contributed by atoms with Gasteiger partial charge >= 0.3 is 0 Å². The molecule has 0 bridgehead atoms. The average molecular weight is 151 g/mol. The molecule has 0 unspecified atom stereocenters. The van der Waals surface area contributed by atoms with Gasteiger partial charge in [0.25, 0.3) is 0 Å². The Balaban J connectivity index is 3.25. The van der Waals surface area contributed by atoms with Crippen LogP contribution in [0.15, 0.2) is 6.20 Å². The Bertz CT molecular complexity index is 208. The highest BCUT2D eigenvalue weighted by atomic mass is 35.5. The molecule has 0 aliphatic rings. The Morgan fingerprint density at radius 1 is 1.44 bits per heavy atom. The van der Waals surface area contributed by atoms with Crippen molar-refractivity contribution >= 4 is 11.6 Å². The van der Waals surface area contributed by atoms with Crippen LogP contribution in [0.4, 0.5) is 8.78 Å². The Labute approximate surface area is 54.5 Å². The van der Waals surface area contributed by atoms with Gasteiger partial charge in [0.05, 0.1) is 6.20 Å². The molecule has 0 N–H and O–H groups in total. The molecule has 0 amide bonds. The summed E-state index contributed by atoms with van der Waals surface area (Å²) in [6.45, 7) is 0. The first kappa shape index (κ1) is 6.35. The molecule has 0 fully saturated rings. The maximum absolute atomic E-state index is 12.1. The highest BCUT2D eigenvalue weighted by Crippen LogP contribution is 2.10. The number of nitrogens with zero attached hydrogens (tertiary/aromatic N) is 2. The maximum Gasteiger partial charge on any atom is 0.199 e. The first-order valence-corrected chi connectivity index (χ1v) is 2.42. The molecule has 0 saturated carbocycles. The predicted molar refractivity (Wildman–Crippen MR) is 27.0 cm³/mol. The third kappa shape index (κ3) is 1.13. The van der Waals surface area contributed by atoms with Gasteiger partial charge in [-0.3, -0.25) is 0 Å². The van der Waals surface area contributed by atoms with Crippen molar-refractivity contribution in [2.75, 3.05) is 0 Å². The van der Waals surface area contributed by atoms with Gasteiger partial charge in [0.2, 0.25) is 0 Å². The van der Waals surface area contributed by atoms with Gasteiger partial charge < -0.3 is 0 Å². The second-order valence-corrected chi connectivity index (χ2v) is 1.66. The van der Waals surface area contributed by atoms with E-state index in [0.717, 1.165) is 0 Å². The molecule has 5 heteroatoms. The smallest absolute Gasteiger partial charge is 0.199 e. The predicted octanol–water partition coefficient (Wildman–Crippen LogP) is 1.41. The fraction of sp³-hybridized carbons (Fsp3) is 0. The Hall–Kier alpha value is -0.770. The van der Waals surface area contributed by atoms with Gasteiger partial charge in [-0.25, -0.2) is 8.78 Å². The highest BCUT2D eigenvalue weighted by molar-refractivity contribution is 6.29. The third-order valence-corrected chi connectivity index (χ3v) is 0.949. The van der Waals surface area contributed by atoms with Crippen LogP contribution in [0.3, 0.4) is 0 Å². The summed E-state index contributed by atoms with van der Waals surface area (Å²) in [4.78, 5) is 0. The van der Waals surface area contributed by atoms with Crippen molar-refractivity contribution in [2.24, 2.45) is 0 Å². The van der Waals surface area contributed by atoms with E-state index in [4.69, 9.17) is 11.6 Å². The van der Waals surface area contributed by atoms with E-state index in [2.05, 4.69) is 10.2 Å². The normalized spacial score (nSPS) is 9.67. The van der Waals surface area contributed by atoms with E-state index in [0.29, 0.717) is 6.20 Å². The van der Waals surface area contributed by atoms with Crippen molar-refractivity contribution in [3.63, 3.8) is 0 Å². The minimum Gasteiger partial charge on any atom is -0.202 e. The lowest BCUT2D eigenvalue weighted by Crippen LogP contribution is -1.90. The average Bonchev–Trinajstić information content (AvgIpc) is 1.83. The summed E-state index contributed by atoms with van der Waals surface area (Å²) in [5.41, 5.74) is 0. The summed E-state index contributed by atoms with van der Waals surface area (Å²) in [6, 6.07) is 0. The van der Waals surface area contributed by atoms with Crippen molar-refractivity contribution in [3.8, 4) is 0 Å². The van der Waals surface area contributed by atoms with Gasteiger partial charge in [-0.1, -0.05) is 11.6 Å². The Kier molecular flexibility index (Phi) is 1.57. The van der Waals surface area contributed by atoms with Gasteiger partial charge in [-0.05, 0) is 0 Å². The van der Waals surface area contributed by atoms with E-state index in [1.165, 1.54) is 0 Å². The Morgan fingerprint density at radius 2 is 2.11 bits per heavy atom. The number of rotatable bonds is 0. The van der Waals surface area contributed by atoms with Crippen molar-refractivity contribution in [1.29, 1.82) is 0 Å². The van der Waals surface area contributed by atoms with Crippen molar-refractivity contribution in [3.05, 3.63) is 23.0 Å². The number of hydrogen-bond acceptors (Lipinski definition) is 2. The van der Waals surface area contributed by atoms with Crippen LogP contribution in [0.25, 0.3) is 0 Å². The van der Waals surface area contributed by atoms with Gasteiger partial charge in [-0.2, -0.15) is 5.10 Å². The van der Waals surface area contributed by atoms with Crippen molar-refractivity contribution in [1.82, 2.24) is 10.2 Å². The summed E-state index contributed by atoms with van der Waals surface area (Å²) < 4.78 is 24.1. The first-order valence-electron chi connectivity index (χ1n) is 2.04. The molecular weight excluding hydrogens is 150 g/mol. The molecule has 9 heavy (non-hydrogen) atoms. The van der Waals surface area contributed by atoms with E-state index in [9.17, 15) is 8.78 Å². The lowest BCUT2D eigenvalue weighted by molar-refractivity contribution is 0.495. The van der Waals surface area contributed by atoms with Gasteiger partial charge in [0.15, 0.2) is 16.8 Å². The van der Waals surface area contributed by atoms with E-state index in [1.54, 1.807) is 0 Å². The van der Waals surface area contributed by atoms with Crippen LogP contribution in [-0.2, 0) is 0 Å². The monoisotopic (exact) mass is 150 g/mol. The molecule has 2 nitrogen and oxygen atoms in total. The van der Waals surface area contributed by atoms with Crippen LogP contribution in [0.1, 0.15) is 0 Å². The molecule has 1 rings (SSSR count). The van der Waals surface area contributed by atoms with Crippen LogP contribution < -0.4 is 0 Å². The van der Waals surface area contributed by atoms with Crippen LogP contribution in [0.5, 0.6) is 0 Å². The summed E-state index contributed by atoms with van der Waals surface area (Å²) in [6.07, 6.45) is 0.654. The van der Waals surface area contributed by atoms with Crippen molar-refractivity contribution < 1.29 is 8.78 Å². The molecule has 1 aromatic rings. The molecule has 0 aliphatic heterocycles.